The van der Waals surface area contributed by atoms with Crippen LogP contribution in [0.1, 0.15) is 47.5 Å². The van der Waals surface area contributed by atoms with Crippen LogP contribution in [-0.4, -0.2) is 45.3 Å². The van der Waals surface area contributed by atoms with Crippen LogP contribution in [0.5, 0.6) is 0 Å². The molecule has 0 radical (unpaired) electrons. The van der Waals surface area contributed by atoms with Gasteiger partial charge in [-0.2, -0.15) is 0 Å². The van der Waals surface area contributed by atoms with Gasteiger partial charge in [-0.15, -0.1) is 0 Å². The lowest BCUT2D eigenvalue weighted by Gasteiger charge is -2.42. The predicted molar refractivity (Wildman–Crippen MR) is 94.9 cm³/mol. The molecule has 8 heteroatoms. The van der Waals surface area contributed by atoms with Gasteiger partial charge in [-0.05, 0) is 39.5 Å². The molecule has 27 heavy (non-hydrogen) atoms. The zero-order valence-electron chi connectivity index (χ0n) is 16.3. The second kappa shape index (κ2) is 8.54. The fourth-order valence-corrected chi connectivity index (χ4v) is 3.54. The number of rotatable bonds is 8. The number of hydrogen-bond donors (Lipinski definition) is 3. The second-order valence-corrected chi connectivity index (χ2v) is 7.48. The van der Waals surface area contributed by atoms with Gasteiger partial charge in [0.25, 0.3) is 0 Å². The van der Waals surface area contributed by atoms with Crippen LogP contribution in [0.4, 0.5) is 0 Å². The molecule has 6 atom stereocenters. The van der Waals surface area contributed by atoms with Crippen LogP contribution in [0.2, 0.25) is 0 Å². The average Bonchev–Trinajstić information content (AvgIpc) is 2.58. The molecule has 0 aromatic heterocycles. The minimum Gasteiger partial charge on any atom is -0.481 e. The number of allylic oxidation sites excluding steroid dienone is 1. The Bertz CT molecular complexity index is 652. The largest absolute Gasteiger partial charge is 0.481 e. The molecule has 8 nitrogen and oxygen atoms in total. The molecular formula is C19H28O8. The molecule has 3 N–H and O–H groups in total. The van der Waals surface area contributed by atoms with Gasteiger partial charge in [0, 0.05) is 0 Å². The zero-order valence-corrected chi connectivity index (χ0v) is 16.3. The maximum Gasteiger partial charge on any atom is 0.313 e. The lowest BCUT2D eigenvalue weighted by Crippen LogP contribution is -2.49. The molecule has 152 valence electrons. The van der Waals surface area contributed by atoms with Crippen LogP contribution >= 0.6 is 0 Å². The average molecular weight is 384 g/mol. The molecule has 0 saturated heterocycles. The van der Waals surface area contributed by atoms with E-state index in [9.17, 15) is 34.5 Å². The highest BCUT2D eigenvalue weighted by atomic mass is 16.5. The van der Waals surface area contributed by atoms with Crippen molar-refractivity contribution in [2.75, 3.05) is 0 Å². The molecule has 1 rings (SSSR count). The highest BCUT2D eigenvalue weighted by Crippen LogP contribution is 2.47. The monoisotopic (exact) mass is 384 g/mol. The number of carbonyl (C=O) groups excluding carboxylic acids is 1. The molecule has 0 heterocycles. The number of carboxylic acid groups (broad SMARTS) is 3. The maximum atomic E-state index is 12.9. The van der Waals surface area contributed by atoms with Crippen LogP contribution in [0.25, 0.3) is 0 Å². The summed E-state index contributed by atoms with van der Waals surface area (Å²) in [5.74, 6) is -8.89. The van der Waals surface area contributed by atoms with Crippen molar-refractivity contribution < 1.29 is 39.2 Å². The molecular weight excluding hydrogens is 356 g/mol. The lowest BCUT2D eigenvalue weighted by molar-refractivity contribution is -0.174. The SMILES string of the molecule is CCC(C)OC(=O)C(C)(C1C=C(C)C(C(=O)O)C(C(=O)O)C1)C(C)C(=O)O. The van der Waals surface area contributed by atoms with Gasteiger partial charge in [0.15, 0.2) is 0 Å². The summed E-state index contributed by atoms with van der Waals surface area (Å²) in [5, 5.41) is 28.4. The first kappa shape index (κ1) is 22.7. The molecule has 0 bridgehead atoms. The first-order chi connectivity index (χ1) is 12.4. The molecule has 1 aliphatic rings. The Labute approximate surface area is 158 Å². The van der Waals surface area contributed by atoms with Crippen molar-refractivity contribution in [1.82, 2.24) is 0 Å². The van der Waals surface area contributed by atoms with Crippen LogP contribution in [-0.2, 0) is 23.9 Å². The molecule has 0 fully saturated rings. The molecule has 0 aliphatic heterocycles. The van der Waals surface area contributed by atoms with Crippen LogP contribution in [0.15, 0.2) is 11.6 Å². The Kier molecular flexibility index (Phi) is 7.17. The quantitative estimate of drug-likeness (QED) is 0.428. The smallest absolute Gasteiger partial charge is 0.313 e. The van der Waals surface area contributed by atoms with E-state index in [-0.39, 0.29) is 6.42 Å². The Morgan fingerprint density at radius 1 is 1.19 bits per heavy atom. The third-order valence-electron chi connectivity index (χ3n) is 5.81. The first-order valence-electron chi connectivity index (χ1n) is 8.95. The van der Waals surface area contributed by atoms with Crippen molar-refractivity contribution in [2.24, 2.45) is 29.1 Å². The molecule has 1 aliphatic carbocycles. The van der Waals surface area contributed by atoms with Crippen molar-refractivity contribution in [3.63, 3.8) is 0 Å². The van der Waals surface area contributed by atoms with Crippen LogP contribution < -0.4 is 0 Å². The van der Waals surface area contributed by atoms with Gasteiger partial charge in [0.1, 0.15) is 0 Å². The van der Waals surface area contributed by atoms with Crippen molar-refractivity contribution in [3.8, 4) is 0 Å². The molecule has 0 aromatic rings. The Balaban J connectivity index is 3.45. The van der Waals surface area contributed by atoms with E-state index in [2.05, 4.69) is 0 Å². The van der Waals surface area contributed by atoms with Crippen molar-refractivity contribution in [1.29, 1.82) is 0 Å². The third-order valence-corrected chi connectivity index (χ3v) is 5.81. The van der Waals surface area contributed by atoms with Gasteiger partial charge in [-0.1, -0.05) is 25.5 Å². The molecule has 0 aromatic carbocycles. The summed E-state index contributed by atoms with van der Waals surface area (Å²) >= 11 is 0. The van der Waals surface area contributed by atoms with E-state index in [1.165, 1.54) is 26.8 Å². The van der Waals surface area contributed by atoms with Gasteiger partial charge in [0.05, 0.1) is 29.3 Å². The van der Waals surface area contributed by atoms with E-state index in [0.29, 0.717) is 12.0 Å². The Morgan fingerprint density at radius 3 is 2.15 bits per heavy atom. The summed E-state index contributed by atoms with van der Waals surface area (Å²) in [4.78, 5) is 47.7. The number of aliphatic carboxylic acids is 3. The van der Waals surface area contributed by atoms with Crippen molar-refractivity contribution in [3.05, 3.63) is 11.6 Å². The van der Waals surface area contributed by atoms with Crippen molar-refractivity contribution in [2.45, 2.75) is 53.6 Å². The first-order valence-corrected chi connectivity index (χ1v) is 8.95. The molecule has 0 spiro atoms. The minimum absolute atomic E-state index is 0.159. The van der Waals surface area contributed by atoms with Gasteiger partial charge in [-0.25, -0.2) is 0 Å². The summed E-state index contributed by atoms with van der Waals surface area (Å²) in [6.45, 7) is 7.82. The summed E-state index contributed by atoms with van der Waals surface area (Å²) < 4.78 is 5.40. The zero-order chi connectivity index (χ0) is 21.1. The van der Waals surface area contributed by atoms with E-state index in [4.69, 9.17) is 4.74 Å². The summed E-state index contributed by atoms with van der Waals surface area (Å²) in [5.41, 5.74) is -1.24. The van der Waals surface area contributed by atoms with Gasteiger partial charge >= 0.3 is 23.9 Å². The highest BCUT2D eigenvalue weighted by molar-refractivity contribution is 5.86. The number of hydrogen-bond acceptors (Lipinski definition) is 5. The van der Waals surface area contributed by atoms with E-state index in [1.807, 2.05) is 6.92 Å². The minimum atomic E-state index is -1.53. The summed E-state index contributed by atoms with van der Waals surface area (Å²) in [6.07, 6.45) is 1.48. The topological polar surface area (TPSA) is 138 Å². The fourth-order valence-electron chi connectivity index (χ4n) is 3.54. The standard InChI is InChI=1S/C19H28O8/c1-6-10(3)27-18(26)19(5,11(4)15(20)21)12-7-9(2)14(17(24)25)13(8-12)16(22)23/h7,10-14H,6,8H2,1-5H3,(H,20,21)(H,22,23)(H,24,25). The van der Waals surface area contributed by atoms with Gasteiger partial charge in [0.2, 0.25) is 0 Å². The maximum absolute atomic E-state index is 12.9. The Morgan fingerprint density at radius 2 is 1.74 bits per heavy atom. The predicted octanol–water partition coefficient (Wildman–Crippen LogP) is 2.42. The summed E-state index contributed by atoms with van der Waals surface area (Å²) in [6, 6.07) is 0. The third kappa shape index (κ3) is 4.48. The number of carbonyl (C=O) groups is 4. The van der Waals surface area contributed by atoms with Crippen LogP contribution in [0.3, 0.4) is 0 Å². The number of ether oxygens (including phenoxy) is 1. The number of esters is 1. The van der Waals surface area contributed by atoms with E-state index >= 15 is 0 Å². The van der Waals surface area contributed by atoms with Gasteiger partial charge in [-0.3, -0.25) is 19.2 Å². The fraction of sp³-hybridized carbons (Fsp3) is 0.684. The number of carboxylic acids is 3. The van der Waals surface area contributed by atoms with Crippen molar-refractivity contribution >= 4 is 23.9 Å². The summed E-state index contributed by atoms with van der Waals surface area (Å²) in [7, 11) is 0. The van der Waals surface area contributed by atoms with Gasteiger partial charge < -0.3 is 20.1 Å². The lowest BCUT2D eigenvalue weighted by atomic mass is 9.61. The van der Waals surface area contributed by atoms with E-state index in [1.54, 1.807) is 6.92 Å². The second-order valence-electron chi connectivity index (χ2n) is 7.48. The normalized spacial score (nSPS) is 26.9. The van der Waals surface area contributed by atoms with E-state index < -0.39 is 59.1 Å². The Hall–Kier alpha value is -2.38. The molecule has 0 saturated carbocycles. The molecule has 6 unspecified atom stereocenters. The van der Waals surface area contributed by atoms with E-state index in [0.717, 1.165) is 0 Å². The highest BCUT2D eigenvalue weighted by Gasteiger charge is 2.53. The van der Waals surface area contributed by atoms with Crippen LogP contribution in [0, 0.1) is 29.1 Å². The molecule has 0 amide bonds.